The zero-order valence-electron chi connectivity index (χ0n) is 21.6. The minimum Gasteiger partial charge on any atom is -0.389 e. The van der Waals surface area contributed by atoms with E-state index in [9.17, 15) is 9.90 Å². The van der Waals surface area contributed by atoms with Crippen LogP contribution in [0, 0.1) is 29.6 Å². The number of hydrogen-bond acceptors (Lipinski definition) is 4. The summed E-state index contributed by atoms with van der Waals surface area (Å²) in [5.74, 6) is 1.64. The number of allylic oxidation sites excluding steroid dienone is 2. The fraction of sp³-hybridized carbons (Fsp3) is 0.741. The van der Waals surface area contributed by atoms with Crippen molar-refractivity contribution >= 4 is 11.2 Å². The molecule has 1 N–H and O–H groups in total. The zero-order chi connectivity index (χ0) is 24.2. The summed E-state index contributed by atoms with van der Waals surface area (Å²) in [6, 6.07) is 0. The fourth-order valence-corrected chi connectivity index (χ4v) is 6.82. The van der Waals surface area contributed by atoms with Gasteiger partial charge in [-0.3, -0.25) is 4.79 Å². The van der Waals surface area contributed by atoms with Gasteiger partial charge in [0.1, 0.15) is 5.82 Å². The van der Waals surface area contributed by atoms with Crippen LogP contribution in [0.5, 0.6) is 0 Å². The first-order valence-electron chi connectivity index (χ1n) is 12.7. The Kier molecular flexibility index (Phi) is 6.13. The van der Waals surface area contributed by atoms with E-state index in [-0.39, 0.29) is 16.4 Å². The van der Waals surface area contributed by atoms with Crippen LogP contribution in [-0.2, 0) is 13.6 Å². The van der Waals surface area contributed by atoms with Crippen LogP contribution in [-0.4, -0.2) is 29.8 Å². The molecule has 2 aromatic rings. The van der Waals surface area contributed by atoms with Gasteiger partial charge in [-0.15, -0.1) is 0 Å². The molecule has 6 heteroatoms. The molecule has 0 saturated heterocycles. The third-order valence-corrected chi connectivity index (χ3v) is 9.71. The maximum Gasteiger partial charge on any atom is 0.299 e. The summed E-state index contributed by atoms with van der Waals surface area (Å²) in [5.41, 5.74) is 1.93. The number of fused-ring (bicyclic) bond motifs is 2. The van der Waals surface area contributed by atoms with E-state index in [1.165, 1.54) is 12.0 Å². The average Bonchev–Trinajstić information content (AvgIpc) is 3.18. The number of aliphatic hydroxyl groups is 1. The minimum atomic E-state index is -0.551. The SMILES string of the molecule is C/C(=C\Cn1cnc2c1c(=O)nc(C)n2C)CC[C@]1(C)[C@@H](C)CC[C@@]2(O)[C@H]1CCCC2(C)C. The van der Waals surface area contributed by atoms with Crippen LogP contribution in [0.2, 0.25) is 0 Å². The van der Waals surface area contributed by atoms with Gasteiger partial charge in [-0.05, 0) is 75.0 Å². The summed E-state index contributed by atoms with van der Waals surface area (Å²) >= 11 is 0. The fourth-order valence-electron chi connectivity index (χ4n) is 6.82. The van der Waals surface area contributed by atoms with E-state index in [1.807, 2.05) is 23.1 Å². The molecular weight excluding hydrogens is 412 g/mol. The van der Waals surface area contributed by atoms with Gasteiger partial charge < -0.3 is 14.2 Å². The van der Waals surface area contributed by atoms with E-state index in [4.69, 9.17) is 0 Å². The van der Waals surface area contributed by atoms with Gasteiger partial charge in [-0.25, -0.2) is 4.98 Å². The maximum absolute atomic E-state index is 12.5. The van der Waals surface area contributed by atoms with Crippen molar-refractivity contribution < 1.29 is 5.11 Å². The Morgan fingerprint density at radius 2 is 2.00 bits per heavy atom. The van der Waals surface area contributed by atoms with E-state index in [0.29, 0.717) is 35.4 Å². The second-order valence-electron chi connectivity index (χ2n) is 11.8. The smallest absolute Gasteiger partial charge is 0.299 e. The highest BCUT2D eigenvalue weighted by Gasteiger charge is 2.60. The first-order valence-corrected chi connectivity index (χ1v) is 12.7. The number of rotatable bonds is 5. The lowest BCUT2D eigenvalue weighted by molar-refractivity contribution is -0.212. The molecule has 2 aromatic heterocycles. The topological polar surface area (TPSA) is 72.9 Å². The van der Waals surface area contributed by atoms with Crippen LogP contribution in [0.4, 0.5) is 0 Å². The minimum absolute atomic E-state index is 0.0107. The van der Waals surface area contributed by atoms with Gasteiger partial charge in [0.2, 0.25) is 0 Å². The Hall–Kier alpha value is -1.95. The van der Waals surface area contributed by atoms with E-state index in [2.05, 4.69) is 50.7 Å². The van der Waals surface area contributed by atoms with Gasteiger partial charge in [0.25, 0.3) is 5.56 Å². The molecule has 0 aromatic carbocycles. The summed E-state index contributed by atoms with van der Waals surface area (Å²) in [7, 11) is 1.89. The molecule has 6 nitrogen and oxygen atoms in total. The molecule has 0 radical (unpaired) electrons. The normalized spacial score (nSPS) is 32.2. The third-order valence-electron chi connectivity index (χ3n) is 9.71. The highest BCUT2D eigenvalue weighted by Crippen LogP contribution is 2.62. The summed E-state index contributed by atoms with van der Waals surface area (Å²) < 4.78 is 3.77. The second-order valence-corrected chi connectivity index (χ2v) is 11.8. The number of nitrogens with zero attached hydrogens (tertiary/aromatic N) is 4. The van der Waals surface area contributed by atoms with Crippen molar-refractivity contribution in [1.82, 2.24) is 19.1 Å². The number of hydrogen-bond donors (Lipinski definition) is 1. The van der Waals surface area contributed by atoms with Crippen molar-refractivity contribution in [2.75, 3.05) is 0 Å². The third kappa shape index (κ3) is 3.88. The molecule has 2 aliphatic rings. The lowest BCUT2D eigenvalue weighted by Crippen LogP contribution is -2.62. The van der Waals surface area contributed by atoms with E-state index >= 15 is 0 Å². The standard InChI is InChI=1S/C27H42N4O2/c1-18(12-16-31-17-28-23-22(31)24(32)29-20(3)30(23)7)10-14-26(6)19(2)11-15-27(33)21(26)9-8-13-25(27,4)5/h12,17,19,21,33H,8-11,13-16H2,1-7H3/b18-12+/t19-,21-,26+,27+/m0/s1. The maximum atomic E-state index is 12.5. The van der Waals surface area contributed by atoms with Crippen molar-refractivity contribution in [3.8, 4) is 0 Å². The average molecular weight is 455 g/mol. The summed E-state index contributed by atoms with van der Waals surface area (Å²) in [6.07, 6.45) is 11.6. The molecule has 4 atom stereocenters. The first-order chi connectivity index (χ1) is 15.4. The van der Waals surface area contributed by atoms with Crippen LogP contribution >= 0.6 is 0 Å². The molecule has 33 heavy (non-hydrogen) atoms. The molecule has 0 unspecified atom stereocenters. The van der Waals surface area contributed by atoms with Crippen molar-refractivity contribution in [1.29, 1.82) is 0 Å². The molecule has 0 bridgehead atoms. The predicted molar refractivity (Wildman–Crippen MR) is 133 cm³/mol. The summed E-state index contributed by atoms with van der Waals surface area (Å²) in [6.45, 7) is 14.0. The molecule has 2 saturated carbocycles. The molecule has 0 amide bonds. The van der Waals surface area contributed by atoms with Crippen molar-refractivity contribution in [3.63, 3.8) is 0 Å². The molecule has 2 aliphatic carbocycles. The molecular formula is C27H42N4O2. The Labute approximate surface area is 198 Å². The Balaban J connectivity index is 1.51. The second kappa shape index (κ2) is 8.37. The largest absolute Gasteiger partial charge is 0.389 e. The number of aryl methyl sites for hydroxylation is 2. The highest BCUT2D eigenvalue weighted by atomic mass is 16.3. The van der Waals surface area contributed by atoms with Crippen molar-refractivity contribution in [3.05, 3.63) is 34.2 Å². The van der Waals surface area contributed by atoms with E-state index < -0.39 is 5.60 Å². The van der Waals surface area contributed by atoms with Gasteiger partial charge in [0.05, 0.1) is 11.9 Å². The molecule has 2 fully saturated rings. The van der Waals surface area contributed by atoms with Crippen LogP contribution in [0.3, 0.4) is 0 Å². The molecule has 2 heterocycles. The van der Waals surface area contributed by atoms with Gasteiger partial charge >= 0.3 is 0 Å². The molecule has 182 valence electrons. The monoisotopic (exact) mass is 454 g/mol. The molecule has 0 spiro atoms. The van der Waals surface area contributed by atoms with Crippen LogP contribution in [0.1, 0.15) is 85.4 Å². The first kappa shape index (κ1) is 24.2. The lowest BCUT2D eigenvalue weighted by atomic mass is 9.45. The summed E-state index contributed by atoms with van der Waals surface area (Å²) in [5, 5.41) is 11.9. The van der Waals surface area contributed by atoms with Crippen molar-refractivity contribution in [2.45, 2.75) is 98.6 Å². The zero-order valence-corrected chi connectivity index (χ0v) is 21.6. The van der Waals surface area contributed by atoms with Crippen LogP contribution in [0.15, 0.2) is 22.8 Å². The Bertz CT molecular complexity index is 1130. The van der Waals surface area contributed by atoms with Crippen LogP contribution in [0.25, 0.3) is 11.2 Å². The van der Waals surface area contributed by atoms with Crippen LogP contribution < -0.4 is 5.56 Å². The number of imidazole rings is 1. The predicted octanol–water partition coefficient (Wildman–Crippen LogP) is 5.16. The van der Waals surface area contributed by atoms with Crippen molar-refractivity contribution in [2.24, 2.45) is 29.7 Å². The highest BCUT2D eigenvalue weighted by molar-refractivity contribution is 5.70. The van der Waals surface area contributed by atoms with Gasteiger partial charge in [-0.2, -0.15) is 4.98 Å². The molecule has 0 aliphatic heterocycles. The quantitative estimate of drug-likeness (QED) is 0.634. The Morgan fingerprint density at radius 1 is 1.27 bits per heavy atom. The van der Waals surface area contributed by atoms with Gasteiger partial charge in [-0.1, -0.05) is 45.8 Å². The Morgan fingerprint density at radius 3 is 2.73 bits per heavy atom. The van der Waals surface area contributed by atoms with E-state index in [0.717, 1.165) is 38.5 Å². The van der Waals surface area contributed by atoms with Gasteiger partial charge in [0, 0.05) is 13.6 Å². The van der Waals surface area contributed by atoms with Gasteiger partial charge in [0.15, 0.2) is 11.2 Å². The number of aromatic nitrogens is 4. The summed E-state index contributed by atoms with van der Waals surface area (Å²) in [4.78, 5) is 21.1. The lowest BCUT2D eigenvalue weighted by Gasteiger charge is -2.62. The van der Waals surface area contributed by atoms with E-state index in [1.54, 1.807) is 6.33 Å². The molecule has 4 rings (SSSR count).